The Morgan fingerprint density at radius 3 is 2.47 bits per heavy atom. The average Bonchev–Trinajstić information content (AvgIpc) is 2.15. The zero-order valence-electron chi connectivity index (χ0n) is 7.17. The molecule has 3 nitrogen and oxygen atoms in total. The van der Waals surface area contributed by atoms with E-state index in [2.05, 4.69) is 0 Å². The average molecular weight is 268 g/mol. The molecule has 0 bridgehead atoms. The fraction of sp³-hybridized carbons (Fsp3) is 0.125. The highest BCUT2D eigenvalue weighted by Gasteiger charge is 2.20. The van der Waals surface area contributed by atoms with Gasteiger partial charge in [-0.05, 0) is 17.7 Å². The van der Waals surface area contributed by atoms with E-state index in [1.54, 1.807) is 0 Å². The summed E-state index contributed by atoms with van der Waals surface area (Å²) in [5.74, 6) is -1.02. The monoisotopic (exact) mass is 267 g/mol. The van der Waals surface area contributed by atoms with E-state index < -0.39 is 25.3 Å². The number of nitrogens with zero attached hydrogens (tertiary/aromatic N) is 1. The van der Waals surface area contributed by atoms with Crippen molar-refractivity contribution in [2.45, 2.75) is 10.8 Å². The van der Waals surface area contributed by atoms with Crippen LogP contribution in [0.1, 0.15) is 11.1 Å². The molecule has 15 heavy (non-hydrogen) atoms. The van der Waals surface area contributed by atoms with Gasteiger partial charge in [-0.3, -0.25) is 0 Å². The van der Waals surface area contributed by atoms with Crippen molar-refractivity contribution < 1.29 is 12.8 Å². The van der Waals surface area contributed by atoms with Gasteiger partial charge in [-0.1, -0.05) is 0 Å². The second-order valence-corrected chi connectivity index (χ2v) is 5.44. The number of halogens is 3. The van der Waals surface area contributed by atoms with Gasteiger partial charge >= 0.3 is 0 Å². The molecule has 0 heterocycles. The van der Waals surface area contributed by atoms with E-state index in [0.29, 0.717) is 0 Å². The van der Waals surface area contributed by atoms with Crippen molar-refractivity contribution >= 4 is 31.3 Å². The van der Waals surface area contributed by atoms with Crippen molar-refractivity contribution in [3.05, 3.63) is 29.1 Å². The first-order valence-electron chi connectivity index (χ1n) is 3.63. The Morgan fingerprint density at radius 1 is 1.47 bits per heavy atom. The predicted molar refractivity (Wildman–Crippen MR) is 53.7 cm³/mol. The van der Waals surface area contributed by atoms with Crippen LogP contribution >= 0.6 is 22.3 Å². The molecule has 0 radical (unpaired) electrons. The first kappa shape index (κ1) is 12.2. The summed E-state index contributed by atoms with van der Waals surface area (Å²) in [7, 11) is 0.905. The first-order valence-corrected chi connectivity index (χ1v) is 6.47. The maximum absolute atomic E-state index is 13.2. The Kier molecular flexibility index (Phi) is 3.55. The fourth-order valence-corrected chi connectivity index (χ4v) is 2.21. The lowest BCUT2D eigenvalue weighted by Gasteiger charge is -2.03. The minimum atomic E-state index is -4.15. The molecule has 80 valence electrons. The quantitative estimate of drug-likeness (QED) is 0.611. The smallest absolute Gasteiger partial charge is 0.207 e. The van der Waals surface area contributed by atoms with Gasteiger partial charge in [-0.15, -0.1) is 11.6 Å². The van der Waals surface area contributed by atoms with Crippen LogP contribution in [-0.2, 0) is 14.9 Å². The van der Waals surface area contributed by atoms with Crippen LogP contribution in [0.5, 0.6) is 0 Å². The van der Waals surface area contributed by atoms with E-state index in [4.69, 9.17) is 27.5 Å². The Balaban J connectivity index is 3.63. The number of rotatable bonds is 2. The molecule has 0 atom stereocenters. The van der Waals surface area contributed by atoms with Crippen molar-refractivity contribution in [3.63, 3.8) is 0 Å². The zero-order chi connectivity index (χ0) is 11.6. The van der Waals surface area contributed by atoms with Gasteiger partial charge in [-0.25, -0.2) is 12.8 Å². The topological polar surface area (TPSA) is 57.9 Å². The maximum Gasteiger partial charge on any atom is 0.262 e. The second-order valence-electron chi connectivity index (χ2n) is 2.63. The van der Waals surface area contributed by atoms with Gasteiger partial charge in [0.15, 0.2) is 0 Å². The minimum Gasteiger partial charge on any atom is -0.207 e. The lowest BCUT2D eigenvalue weighted by atomic mass is 10.1. The summed E-state index contributed by atoms with van der Waals surface area (Å²) in [6, 6.07) is 3.52. The summed E-state index contributed by atoms with van der Waals surface area (Å²) in [6.07, 6.45) is 0. The molecule has 7 heteroatoms. The van der Waals surface area contributed by atoms with Gasteiger partial charge in [0.2, 0.25) is 0 Å². The molecule has 1 aromatic carbocycles. The predicted octanol–water partition coefficient (Wildman–Crippen LogP) is 2.36. The van der Waals surface area contributed by atoms with Crippen LogP contribution in [0.25, 0.3) is 0 Å². The molecule has 0 aliphatic carbocycles. The minimum absolute atomic E-state index is 0.0674. The van der Waals surface area contributed by atoms with Crippen molar-refractivity contribution in [2.75, 3.05) is 0 Å². The summed E-state index contributed by atoms with van der Waals surface area (Å²) in [5.41, 5.74) is -0.355. The molecule has 0 unspecified atom stereocenters. The van der Waals surface area contributed by atoms with Crippen LogP contribution in [0.3, 0.4) is 0 Å². The Labute approximate surface area is 95.5 Å². The molecule has 0 aliphatic heterocycles. The van der Waals surface area contributed by atoms with E-state index in [9.17, 15) is 12.8 Å². The van der Waals surface area contributed by atoms with Crippen LogP contribution in [0.4, 0.5) is 4.39 Å². The highest BCUT2D eigenvalue weighted by molar-refractivity contribution is 8.13. The van der Waals surface area contributed by atoms with Gasteiger partial charge in [-0.2, -0.15) is 5.26 Å². The SMILES string of the molecule is N#Cc1c(F)cc(CCl)cc1S(=O)(=O)Cl. The molecule has 1 rings (SSSR count). The maximum atomic E-state index is 13.2. The lowest BCUT2D eigenvalue weighted by molar-refractivity contribution is 0.599. The van der Waals surface area contributed by atoms with Crippen LogP contribution in [0, 0.1) is 17.1 Å². The Bertz CT molecular complexity index is 536. The molecule has 0 saturated carbocycles. The molecular weight excluding hydrogens is 264 g/mol. The second kappa shape index (κ2) is 4.35. The molecule has 0 aromatic heterocycles. The van der Waals surface area contributed by atoms with E-state index in [-0.39, 0.29) is 11.4 Å². The Morgan fingerprint density at radius 2 is 2.07 bits per heavy atom. The van der Waals surface area contributed by atoms with Crippen LogP contribution in [-0.4, -0.2) is 8.42 Å². The highest BCUT2D eigenvalue weighted by Crippen LogP contribution is 2.24. The van der Waals surface area contributed by atoms with Gasteiger partial charge in [0, 0.05) is 16.6 Å². The van der Waals surface area contributed by atoms with Gasteiger partial charge in [0.1, 0.15) is 22.3 Å². The van der Waals surface area contributed by atoms with Gasteiger partial charge in [0.25, 0.3) is 9.05 Å². The first-order chi connectivity index (χ1) is 6.90. The molecule has 0 spiro atoms. The number of hydrogen-bond acceptors (Lipinski definition) is 3. The van der Waals surface area contributed by atoms with E-state index in [1.807, 2.05) is 0 Å². The standard InChI is InChI=1S/C8H4Cl2FNO2S/c9-3-5-1-7(11)6(4-12)8(2-5)15(10,13)14/h1-2H,3H2. The summed E-state index contributed by atoms with van der Waals surface area (Å²) < 4.78 is 35.3. The molecule has 1 aromatic rings. The van der Waals surface area contributed by atoms with Crippen molar-refractivity contribution in [2.24, 2.45) is 0 Å². The lowest BCUT2D eigenvalue weighted by Crippen LogP contribution is -2.00. The van der Waals surface area contributed by atoms with Crippen LogP contribution in [0.2, 0.25) is 0 Å². The number of nitriles is 1. The van der Waals surface area contributed by atoms with E-state index >= 15 is 0 Å². The van der Waals surface area contributed by atoms with Crippen LogP contribution < -0.4 is 0 Å². The van der Waals surface area contributed by atoms with Crippen LogP contribution in [0.15, 0.2) is 17.0 Å². The zero-order valence-corrected chi connectivity index (χ0v) is 9.50. The van der Waals surface area contributed by atoms with Crippen molar-refractivity contribution in [1.29, 1.82) is 5.26 Å². The third-order valence-electron chi connectivity index (χ3n) is 1.64. The number of alkyl halides is 1. The molecule has 0 amide bonds. The summed E-state index contributed by atoms with van der Waals surface area (Å²) >= 11 is 5.43. The summed E-state index contributed by atoms with van der Waals surface area (Å²) in [4.78, 5) is -0.553. The molecular formula is C8H4Cl2FNO2S. The third kappa shape index (κ3) is 2.59. The fourth-order valence-electron chi connectivity index (χ4n) is 1.01. The molecule has 0 N–H and O–H groups in total. The van der Waals surface area contributed by atoms with Crippen molar-refractivity contribution in [3.8, 4) is 6.07 Å². The third-order valence-corrected chi connectivity index (χ3v) is 3.30. The normalized spacial score (nSPS) is 11.1. The Hall–Kier alpha value is -0.830. The summed E-state index contributed by atoms with van der Waals surface area (Å²) in [6.45, 7) is 0. The van der Waals surface area contributed by atoms with E-state index in [1.165, 1.54) is 6.07 Å². The molecule has 0 saturated heterocycles. The van der Waals surface area contributed by atoms with Gasteiger partial charge in [0.05, 0.1) is 0 Å². The number of hydrogen-bond donors (Lipinski definition) is 0. The van der Waals surface area contributed by atoms with E-state index in [0.717, 1.165) is 12.1 Å². The molecule has 0 aliphatic rings. The highest BCUT2D eigenvalue weighted by atomic mass is 35.7. The van der Waals surface area contributed by atoms with Gasteiger partial charge < -0.3 is 0 Å². The largest absolute Gasteiger partial charge is 0.262 e. The molecule has 0 fully saturated rings. The number of benzene rings is 1. The summed E-state index contributed by atoms with van der Waals surface area (Å²) in [5, 5.41) is 8.58. The van der Waals surface area contributed by atoms with Crippen molar-refractivity contribution in [1.82, 2.24) is 0 Å².